The molecule has 3 aromatic carbocycles. The van der Waals surface area contributed by atoms with Gasteiger partial charge in [-0.2, -0.15) is 0 Å². The van der Waals surface area contributed by atoms with Gasteiger partial charge in [-0.3, -0.25) is 0 Å². The van der Waals surface area contributed by atoms with E-state index >= 15 is 0 Å². The molecule has 4 aromatic rings. The number of hydrogen-bond acceptors (Lipinski definition) is 7. The minimum atomic E-state index is -1.47. The van der Waals surface area contributed by atoms with Gasteiger partial charge in [0.2, 0.25) is 5.95 Å². The second-order valence-electron chi connectivity index (χ2n) is 9.40. The van der Waals surface area contributed by atoms with Crippen molar-refractivity contribution in [3.63, 3.8) is 0 Å². The molecule has 7 nitrogen and oxygen atoms in total. The van der Waals surface area contributed by atoms with Crippen molar-refractivity contribution >= 4 is 45.5 Å². The number of aryl methyl sites for hydroxylation is 1. The van der Waals surface area contributed by atoms with Crippen molar-refractivity contribution in [3.05, 3.63) is 71.4 Å². The average molecular weight is 536 g/mol. The Morgan fingerprint density at radius 3 is 2.59 bits per heavy atom. The Balaban J connectivity index is 1.38. The molecule has 1 aliphatic rings. The van der Waals surface area contributed by atoms with Crippen molar-refractivity contribution < 1.29 is 9.29 Å². The first-order chi connectivity index (χ1) is 17.9. The minimum absolute atomic E-state index is 0.298. The molecule has 5 rings (SSSR count). The molecule has 1 fully saturated rings. The largest absolute Gasteiger partial charge is 0.588 e. The van der Waals surface area contributed by atoms with Crippen molar-refractivity contribution in [1.29, 1.82) is 0 Å². The van der Waals surface area contributed by atoms with Gasteiger partial charge < -0.3 is 20.3 Å². The fraction of sp³-hybridized carbons (Fsp3) is 0.286. The number of nitrogens with one attached hydrogen (secondary N) is 2. The summed E-state index contributed by atoms with van der Waals surface area (Å²) >= 11 is 4.73. The van der Waals surface area contributed by atoms with Crippen LogP contribution in [0.15, 0.2) is 65.7 Å². The topological polar surface area (TPSA) is 108 Å². The van der Waals surface area contributed by atoms with Gasteiger partial charge in [-0.25, -0.2) is 14.7 Å². The lowest BCUT2D eigenvalue weighted by Crippen LogP contribution is -2.33. The van der Waals surface area contributed by atoms with E-state index in [1.807, 2.05) is 49.5 Å². The Morgan fingerprint density at radius 1 is 1.08 bits per heavy atom. The number of methoxy groups -OCH3 is 1. The molecule has 1 aliphatic carbocycles. The summed E-state index contributed by atoms with van der Waals surface area (Å²) in [7, 11) is 1.65. The van der Waals surface area contributed by atoms with E-state index < -0.39 is 11.4 Å². The molecule has 1 heterocycles. The molecule has 1 saturated carbocycles. The van der Waals surface area contributed by atoms with Crippen LogP contribution in [0.4, 0.5) is 11.6 Å². The Hall–Kier alpha value is -3.04. The Kier molecular flexibility index (Phi) is 7.71. The predicted molar refractivity (Wildman–Crippen MR) is 152 cm³/mol. The zero-order chi connectivity index (χ0) is 25.9. The summed E-state index contributed by atoms with van der Waals surface area (Å²) in [6.07, 6.45) is 5.91. The number of halogens is 1. The van der Waals surface area contributed by atoms with Crippen LogP contribution in [0.2, 0.25) is 5.02 Å². The maximum atomic E-state index is 12.8. The second kappa shape index (κ2) is 11.1. The number of anilines is 2. The number of aromatic nitrogens is 2. The van der Waals surface area contributed by atoms with Crippen molar-refractivity contribution in [2.24, 2.45) is 5.73 Å². The van der Waals surface area contributed by atoms with Crippen LogP contribution in [0, 0.1) is 6.92 Å². The van der Waals surface area contributed by atoms with Crippen LogP contribution in [0.5, 0.6) is 5.75 Å². The summed E-state index contributed by atoms with van der Waals surface area (Å²) in [5.74, 6) is 1.29. The molecular weight excluding hydrogens is 506 g/mol. The number of nitrogens with zero attached hydrogens (tertiary/aromatic N) is 2. The zero-order valence-electron chi connectivity index (χ0n) is 20.8. The standard InChI is InChI=1S/C28H30ClN5O2S/c1-17-13-22(34-37(35)26-6-4-3-5-24(26)29)11-12-23(17)18-14-19-16-31-28(33-27(19)25(15-18)36-2)32-21-9-7-20(30)8-10-21/h3-6,11-16,20-21,34H,7-10,30H2,1-2H3,(H,31,32,33)/t20-,21-,37?. The van der Waals surface area contributed by atoms with E-state index in [1.54, 1.807) is 19.2 Å². The molecule has 192 valence electrons. The minimum Gasteiger partial charge on any atom is -0.588 e. The highest BCUT2D eigenvalue weighted by Gasteiger charge is 2.20. The summed E-state index contributed by atoms with van der Waals surface area (Å²) in [5, 5.41) is 4.83. The lowest BCUT2D eigenvalue weighted by Gasteiger charge is -2.26. The van der Waals surface area contributed by atoms with Crippen LogP contribution >= 0.6 is 11.6 Å². The number of rotatable bonds is 7. The highest BCUT2D eigenvalue weighted by molar-refractivity contribution is 7.92. The number of hydrogen-bond donors (Lipinski definition) is 3. The van der Waals surface area contributed by atoms with Crippen molar-refractivity contribution in [2.75, 3.05) is 17.1 Å². The van der Waals surface area contributed by atoms with Gasteiger partial charge in [0.15, 0.2) is 4.90 Å². The first-order valence-corrected chi connectivity index (χ1v) is 13.8. The predicted octanol–water partition coefficient (Wildman–Crippen LogP) is 6.08. The molecule has 0 radical (unpaired) electrons. The van der Waals surface area contributed by atoms with Crippen LogP contribution in [0.3, 0.4) is 0 Å². The van der Waals surface area contributed by atoms with Gasteiger partial charge in [0, 0.05) is 23.7 Å². The molecule has 9 heteroatoms. The van der Waals surface area contributed by atoms with E-state index in [9.17, 15) is 4.55 Å². The van der Waals surface area contributed by atoms with E-state index in [-0.39, 0.29) is 0 Å². The third-order valence-corrected chi connectivity index (χ3v) is 8.38. The van der Waals surface area contributed by atoms with Gasteiger partial charge in [-0.15, -0.1) is 0 Å². The van der Waals surface area contributed by atoms with Crippen molar-refractivity contribution in [2.45, 2.75) is 49.6 Å². The third-order valence-electron chi connectivity index (χ3n) is 6.76. The van der Waals surface area contributed by atoms with Crippen LogP contribution in [0.1, 0.15) is 31.2 Å². The first kappa shape index (κ1) is 25.6. The highest BCUT2D eigenvalue weighted by atomic mass is 35.5. The lowest BCUT2D eigenvalue weighted by molar-refractivity contribution is 0.409. The summed E-state index contributed by atoms with van der Waals surface area (Å²) in [4.78, 5) is 9.88. The second-order valence-corrected chi connectivity index (χ2v) is 11.0. The molecule has 0 amide bonds. The lowest BCUT2D eigenvalue weighted by atomic mass is 9.92. The fourth-order valence-electron chi connectivity index (χ4n) is 4.75. The molecule has 0 aliphatic heterocycles. The molecule has 0 bridgehead atoms. The van der Waals surface area contributed by atoms with Crippen molar-refractivity contribution in [1.82, 2.24) is 9.97 Å². The third kappa shape index (κ3) is 5.78. The first-order valence-electron chi connectivity index (χ1n) is 12.3. The molecule has 1 aromatic heterocycles. The smallest absolute Gasteiger partial charge is 0.223 e. The van der Waals surface area contributed by atoms with Gasteiger partial charge in [0.25, 0.3) is 0 Å². The Morgan fingerprint density at radius 2 is 1.86 bits per heavy atom. The molecule has 0 spiro atoms. The van der Waals surface area contributed by atoms with Crippen LogP contribution in [0.25, 0.3) is 22.0 Å². The van der Waals surface area contributed by atoms with Gasteiger partial charge in [-0.05, 0) is 85.7 Å². The molecule has 0 saturated heterocycles. The number of fused-ring (bicyclic) bond motifs is 1. The summed E-state index contributed by atoms with van der Waals surface area (Å²) in [5.41, 5.74) is 10.6. The van der Waals surface area contributed by atoms with E-state index in [2.05, 4.69) is 21.1 Å². The summed E-state index contributed by atoms with van der Waals surface area (Å²) in [6, 6.07) is 17.7. The molecule has 1 atom stereocenters. The van der Waals surface area contributed by atoms with Crippen LogP contribution in [-0.4, -0.2) is 33.7 Å². The van der Waals surface area contributed by atoms with E-state index in [4.69, 9.17) is 27.1 Å². The molecule has 1 unspecified atom stereocenters. The number of ether oxygens (including phenoxy) is 1. The van der Waals surface area contributed by atoms with E-state index in [0.29, 0.717) is 33.7 Å². The van der Waals surface area contributed by atoms with Crippen LogP contribution in [-0.2, 0) is 11.4 Å². The van der Waals surface area contributed by atoms with Gasteiger partial charge in [-0.1, -0.05) is 29.8 Å². The maximum absolute atomic E-state index is 12.8. The molecular formula is C28H30ClN5O2S. The quantitative estimate of drug-likeness (QED) is 0.246. The average Bonchev–Trinajstić information content (AvgIpc) is 2.89. The SMILES string of the molecule is COc1cc(-c2ccc(N[S+]([O-])c3ccccc3Cl)cc2C)cc2cnc(N[C@H]3CC[C@H](N)CC3)nc12. The van der Waals surface area contributed by atoms with Crippen molar-refractivity contribution in [3.8, 4) is 16.9 Å². The fourth-order valence-corrected chi connectivity index (χ4v) is 5.99. The Labute approximate surface area is 225 Å². The number of benzene rings is 3. The molecule has 4 N–H and O–H groups in total. The Bertz CT molecular complexity index is 1410. The maximum Gasteiger partial charge on any atom is 0.223 e. The van der Waals surface area contributed by atoms with Gasteiger partial charge in [0.1, 0.15) is 22.6 Å². The zero-order valence-corrected chi connectivity index (χ0v) is 22.4. The van der Waals surface area contributed by atoms with Crippen LogP contribution < -0.4 is 20.5 Å². The molecule has 37 heavy (non-hydrogen) atoms. The monoisotopic (exact) mass is 535 g/mol. The van der Waals surface area contributed by atoms with E-state index in [0.717, 1.165) is 59.0 Å². The van der Waals surface area contributed by atoms with Gasteiger partial charge in [0.05, 0.1) is 17.8 Å². The van der Waals surface area contributed by atoms with E-state index in [1.165, 1.54) is 0 Å². The highest BCUT2D eigenvalue weighted by Crippen LogP contribution is 2.35. The number of nitrogens with two attached hydrogens (primary N) is 1. The van der Waals surface area contributed by atoms with Gasteiger partial charge >= 0.3 is 0 Å². The normalized spacial score (nSPS) is 18.4. The summed E-state index contributed by atoms with van der Waals surface area (Å²) < 4.78 is 21.5. The summed E-state index contributed by atoms with van der Waals surface area (Å²) in [6.45, 7) is 2.02.